The van der Waals surface area contributed by atoms with Crippen molar-refractivity contribution in [3.63, 3.8) is 0 Å². The van der Waals surface area contributed by atoms with Gasteiger partial charge < -0.3 is 4.74 Å². The SMILES string of the molecule is COCCN(CCN=[N+]=[N-])Cc1ccccc1. The molecule has 0 bridgehead atoms. The van der Waals surface area contributed by atoms with Crippen LogP contribution in [0.3, 0.4) is 0 Å². The Morgan fingerprint density at radius 3 is 2.71 bits per heavy atom. The van der Waals surface area contributed by atoms with Crippen molar-refractivity contribution in [1.82, 2.24) is 4.90 Å². The predicted octanol–water partition coefficient (Wildman–Crippen LogP) is 2.45. The highest BCUT2D eigenvalue weighted by molar-refractivity contribution is 5.14. The lowest BCUT2D eigenvalue weighted by Gasteiger charge is -2.21. The Bertz CT molecular complexity index is 349. The zero-order valence-electron chi connectivity index (χ0n) is 10.1. The number of nitrogens with zero attached hydrogens (tertiary/aromatic N) is 4. The average molecular weight is 234 g/mol. The van der Waals surface area contributed by atoms with Crippen molar-refractivity contribution in [1.29, 1.82) is 0 Å². The van der Waals surface area contributed by atoms with Crippen LogP contribution in [0.5, 0.6) is 0 Å². The molecular weight excluding hydrogens is 216 g/mol. The van der Waals surface area contributed by atoms with E-state index in [0.29, 0.717) is 13.2 Å². The van der Waals surface area contributed by atoms with Crippen molar-refractivity contribution in [2.45, 2.75) is 6.54 Å². The highest BCUT2D eigenvalue weighted by atomic mass is 16.5. The van der Waals surface area contributed by atoms with E-state index in [1.165, 1.54) is 5.56 Å². The van der Waals surface area contributed by atoms with Crippen LogP contribution in [0.15, 0.2) is 35.4 Å². The van der Waals surface area contributed by atoms with Crippen molar-refractivity contribution < 1.29 is 4.74 Å². The van der Waals surface area contributed by atoms with Gasteiger partial charge in [0.1, 0.15) is 0 Å². The number of methoxy groups -OCH3 is 1. The summed E-state index contributed by atoms with van der Waals surface area (Å²) in [6.07, 6.45) is 0. The van der Waals surface area contributed by atoms with Gasteiger partial charge in [-0.1, -0.05) is 35.4 Å². The van der Waals surface area contributed by atoms with Gasteiger partial charge in [-0.25, -0.2) is 0 Å². The van der Waals surface area contributed by atoms with Crippen molar-refractivity contribution in [2.75, 3.05) is 33.4 Å². The minimum Gasteiger partial charge on any atom is -0.383 e. The molecule has 0 fully saturated rings. The summed E-state index contributed by atoms with van der Waals surface area (Å²) in [6, 6.07) is 10.2. The lowest BCUT2D eigenvalue weighted by molar-refractivity contribution is 0.146. The summed E-state index contributed by atoms with van der Waals surface area (Å²) < 4.78 is 5.07. The summed E-state index contributed by atoms with van der Waals surface area (Å²) in [5.41, 5.74) is 9.51. The van der Waals surface area contributed by atoms with Gasteiger partial charge in [-0.3, -0.25) is 4.90 Å². The first kappa shape index (κ1) is 13.5. The topological polar surface area (TPSA) is 61.2 Å². The molecule has 0 N–H and O–H groups in total. The van der Waals surface area contributed by atoms with E-state index in [0.717, 1.165) is 19.6 Å². The molecule has 1 rings (SSSR count). The summed E-state index contributed by atoms with van der Waals surface area (Å²) in [7, 11) is 1.69. The lowest BCUT2D eigenvalue weighted by atomic mass is 10.2. The Morgan fingerprint density at radius 2 is 2.06 bits per heavy atom. The molecule has 0 saturated heterocycles. The van der Waals surface area contributed by atoms with Crippen LogP contribution in [0.25, 0.3) is 10.4 Å². The molecule has 1 aromatic rings. The monoisotopic (exact) mass is 234 g/mol. The van der Waals surface area contributed by atoms with Crippen LogP contribution in [0.1, 0.15) is 5.56 Å². The molecule has 92 valence electrons. The van der Waals surface area contributed by atoms with E-state index in [1.807, 2.05) is 18.2 Å². The summed E-state index contributed by atoms with van der Waals surface area (Å²) in [5, 5.41) is 3.56. The molecule has 5 heteroatoms. The third-order valence-corrected chi connectivity index (χ3v) is 2.44. The minimum atomic E-state index is 0.493. The van der Waals surface area contributed by atoms with Crippen molar-refractivity contribution in [3.8, 4) is 0 Å². The van der Waals surface area contributed by atoms with E-state index in [2.05, 4.69) is 27.1 Å². The van der Waals surface area contributed by atoms with Gasteiger partial charge in [0.05, 0.1) is 6.61 Å². The second-order valence-electron chi connectivity index (χ2n) is 3.71. The van der Waals surface area contributed by atoms with Gasteiger partial charge >= 0.3 is 0 Å². The van der Waals surface area contributed by atoms with Gasteiger partial charge in [0, 0.05) is 38.2 Å². The maximum absolute atomic E-state index is 8.26. The third-order valence-electron chi connectivity index (χ3n) is 2.44. The van der Waals surface area contributed by atoms with E-state index in [9.17, 15) is 0 Å². The van der Waals surface area contributed by atoms with Gasteiger partial charge in [-0.15, -0.1) is 0 Å². The van der Waals surface area contributed by atoms with E-state index < -0.39 is 0 Å². The Balaban J connectivity index is 2.47. The zero-order valence-corrected chi connectivity index (χ0v) is 10.1. The molecule has 5 nitrogen and oxygen atoms in total. The third kappa shape index (κ3) is 5.92. The maximum Gasteiger partial charge on any atom is 0.0589 e. The normalized spacial score (nSPS) is 10.2. The molecule has 0 aliphatic rings. The minimum absolute atomic E-state index is 0.493. The highest BCUT2D eigenvalue weighted by Gasteiger charge is 2.04. The van der Waals surface area contributed by atoms with Crippen LogP contribution < -0.4 is 0 Å². The molecule has 0 saturated carbocycles. The first-order valence-electron chi connectivity index (χ1n) is 5.63. The Hall–Kier alpha value is -1.55. The number of hydrogen-bond acceptors (Lipinski definition) is 3. The maximum atomic E-state index is 8.26. The van der Waals surface area contributed by atoms with E-state index in [1.54, 1.807) is 7.11 Å². The molecule has 0 aliphatic carbocycles. The predicted molar refractivity (Wildman–Crippen MR) is 67.6 cm³/mol. The summed E-state index contributed by atoms with van der Waals surface area (Å²) >= 11 is 0. The first-order chi connectivity index (χ1) is 8.36. The molecule has 0 unspecified atom stereocenters. The molecule has 0 spiro atoms. The summed E-state index contributed by atoms with van der Waals surface area (Å²) in [5.74, 6) is 0. The number of hydrogen-bond donors (Lipinski definition) is 0. The number of benzene rings is 1. The lowest BCUT2D eigenvalue weighted by Crippen LogP contribution is -2.29. The molecule has 0 amide bonds. The fraction of sp³-hybridized carbons (Fsp3) is 0.500. The van der Waals surface area contributed by atoms with Crippen molar-refractivity contribution in [3.05, 3.63) is 46.3 Å². The highest BCUT2D eigenvalue weighted by Crippen LogP contribution is 2.04. The quantitative estimate of drug-likeness (QED) is 0.394. The van der Waals surface area contributed by atoms with E-state index >= 15 is 0 Å². The molecule has 0 atom stereocenters. The average Bonchev–Trinajstić information content (AvgIpc) is 2.37. The zero-order chi connectivity index (χ0) is 12.3. The van der Waals surface area contributed by atoms with E-state index in [-0.39, 0.29) is 0 Å². The van der Waals surface area contributed by atoms with Gasteiger partial charge in [-0.05, 0) is 11.1 Å². The number of ether oxygens (including phenoxy) is 1. The fourth-order valence-corrected chi connectivity index (χ4v) is 1.56. The standard InChI is InChI=1S/C12H18N4O/c1-17-10-9-16(8-7-14-15-13)11-12-5-3-2-4-6-12/h2-6H,7-11H2,1H3. The molecular formula is C12H18N4O. The van der Waals surface area contributed by atoms with Crippen LogP contribution in [0, 0.1) is 0 Å². The van der Waals surface area contributed by atoms with Crippen LogP contribution in [-0.4, -0.2) is 38.3 Å². The second-order valence-corrected chi connectivity index (χ2v) is 3.71. The van der Waals surface area contributed by atoms with Crippen LogP contribution in [0.4, 0.5) is 0 Å². The Kier molecular flexibility index (Phi) is 6.82. The fourth-order valence-electron chi connectivity index (χ4n) is 1.56. The summed E-state index contributed by atoms with van der Waals surface area (Å²) in [6.45, 7) is 3.62. The smallest absolute Gasteiger partial charge is 0.0589 e. The van der Waals surface area contributed by atoms with Crippen LogP contribution in [0.2, 0.25) is 0 Å². The number of azide groups is 1. The van der Waals surface area contributed by atoms with Gasteiger partial charge in [-0.2, -0.15) is 0 Å². The van der Waals surface area contributed by atoms with Crippen LogP contribution in [-0.2, 0) is 11.3 Å². The second kappa shape index (κ2) is 8.58. The Labute approximate surface area is 102 Å². The summed E-state index contributed by atoms with van der Waals surface area (Å²) in [4.78, 5) is 4.98. The van der Waals surface area contributed by atoms with Gasteiger partial charge in [0.25, 0.3) is 0 Å². The van der Waals surface area contributed by atoms with Crippen molar-refractivity contribution >= 4 is 0 Å². The van der Waals surface area contributed by atoms with Crippen molar-refractivity contribution in [2.24, 2.45) is 5.11 Å². The van der Waals surface area contributed by atoms with Crippen LogP contribution >= 0.6 is 0 Å². The Morgan fingerprint density at radius 1 is 1.29 bits per heavy atom. The molecule has 0 heterocycles. The molecule has 0 aliphatic heterocycles. The van der Waals surface area contributed by atoms with E-state index in [4.69, 9.17) is 10.3 Å². The molecule has 0 radical (unpaired) electrons. The van der Waals surface area contributed by atoms with Gasteiger partial charge in [0.15, 0.2) is 0 Å². The van der Waals surface area contributed by atoms with Gasteiger partial charge in [0.2, 0.25) is 0 Å². The molecule has 17 heavy (non-hydrogen) atoms. The first-order valence-corrected chi connectivity index (χ1v) is 5.63. The molecule has 0 aromatic heterocycles. The number of rotatable bonds is 8. The molecule has 1 aromatic carbocycles. The largest absolute Gasteiger partial charge is 0.383 e.